The first-order valence-electron chi connectivity index (χ1n) is 10.2. The van der Waals surface area contributed by atoms with Crippen LogP contribution in [0.1, 0.15) is 70.6 Å². The van der Waals surface area contributed by atoms with E-state index in [4.69, 9.17) is 4.74 Å². The molecule has 2 aliphatic rings. The minimum Gasteiger partial charge on any atom is -0.452 e. The van der Waals surface area contributed by atoms with Crippen molar-refractivity contribution >= 4 is 11.9 Å². The van der Waals surface area contributed by atoms with Crippen molar-refractivity contribution < 1.29 is 14.3 Å². The molecule has 5 nitrogen and oxygen atoms in total. The summed E-state index contributed by atoms with van der Waals surface area (Å²) in [4.78, 5) is 27.0. The molecule has 0 radical (unpaired) electrons. The molecule has 1 heterocycles. The van der Waals surface area contributed by atoms with Gasteiger partial charge in [0.25, 0.3) is 5.91 Å². The predicted octanol–water partition coefficient (Wildman–Crippen LogP) is 4.13. The lowest BCUT2D eigenvalue weighted by Gasteiger charge is -2.33. The highest BCUT2D eigenvalue weighted by atomic mass is 16.5. The number of amides is 1. The van der Waals surface area contributed by atoms with E-state index >= 15 is 0 Å². The number of likely N-dealkylation sites (N-methyl/N-ethyl adjacent to an activating group) is 1. The zero-order chi connectivity index (χ0) is 19.8. The maximum Gasteiger partial charge on any atom is 0.340 e. The molecule has 5 heteroatoms. The highest BCUT2D eigenvalue weighted by Crippen LogP contribution is 2.38. The quantitative estimate of drug-likeness (QED) is 0.733. The van der Waals surface area contributed by atoms with Crippen LogP contribution in [0.2, 0.25) is 0 Å². The van der Waals surface area contributed by atoms with Gasteiger partial charge in [0.05, 0.1) is 11.6 Å². The van der Waals surface area contributed by atoms with Crippen molar-refractivity contribution in [2.45, 2.75) is 58.0 Å². The number of carbonyl (C=O) groups is 2. The van der Waals surface area contributed by atoms with Crippen molar-refractivity contribution in [1.82, 2.24) is 9.47 Å². The Balaban J connectivity index is 1.41. The Morgan fingerprint density at radius 3 is 2.68 bits per heavy atom. The standard InChI is InChI=1S/C23H28N2O3/c1-15-13-20(16(2)25(15)18-11-12-18)23(27)28-14-22(26)24(3)21-10-6-8-17-7-4-5-9-19(17)21/h4-5,7,9,13,18,21H,6,8,10-12,14H2,1-3H3/t21-/m0/s1. The van der Waals surface area contributed by atoms with Crippen LogP contribution in [-0.4, -0.2) is 35.0 Å². The summed E-state index contributed by atoms with van der Waals surface area (Å²) < 4.78 is 7.61. The molecule has 28 heavy (non-hydrogen) atoms. The topological polar surface area (TPSA) is 51.5 Å². The Kier molecular flexibility index (Phi) is 5.00. The second-order valence-corrected chi connectivity index (χ2v) is 8.07. The molecule has 0 unspecified atom stereocenters. The molecular weight excluding hydrogens is 352 g/mol. The number of fused-ring (bicyclic) bond motifs is 1. The largest absolute Gasteiger partial charge is 0.452 e. The molecule has 0 aliphatic heterocycles. The van der Waals surface area contributed by atoms with Crippen molar-refractivity contribution in [3.8, 4) is 0 Å². The van der Waals surface area contributed by atoms with Gasteiger partial charge >= 0.3 is 5.97 Å². The molecule has 2 aromatic rings. The fourth-order valence-electron chi connectivity index (χ4n) is 4.49. The van der Waals surface area contributed by atoms with E-state index in [0.717, 1.165) is 43.5 Å². The van der Waals surface area contributed by atoms with Gasteiger partial charge in [-0.25, -0.2) is 4.79 Å². The monoisotopic (exact) mass is 380 g/mol. The zero-order valence-electron chi connectivity index (χ0n) is 16.9. The van der Waals surface area contributed by atoms with Crippen LogP contribution in [0.4, 0.5) is 0 Å². The smallest absolute Gasteiger partial charge is 0.340 e. The van der Waals surface area contributed by atoms with Crippen LogP contribution >= 0.6 is 0 Å². The molecule has 0 N–H and O–H groups in total. The van der Waals surface area contributed by atoms with Crippen LogP contribution in [0.5, 0.6) is 0 Å². The second-order valence-electron chi connectivity index (χ2n) is 8.07. The summed E-state index contributed by atoms with van der Waals surface area (Å²) in [6.07, 6.45) is 5.39. The highest BCUT2D eigenvalue weighted by Gasteiger charge is 2.30. The molecule has 2 aliphatic carbocycles. The molecule has 1 saturated carbocycles. The molecule has 1 aromatic carbocycles. The van der Waals surface area contributed by atoms with E-state index in [9.17, 15) is 9.59 Å². The Morgan fingerprint density at radius 1 is 1.18 bits per heavy atom. The van der Waals surface area contributed by atoms with Crippen molar-refractivity contribution in [1.29, 1.82) is 0 Å². The van der Waals surface area contributed by atoms with Crippen LogP contribution < -0.4 is 0 Å². The fraction of sp³-hybridized carbons (Fsp3) is 0.478. The summed E-state index contributed by atoms with van der Waals surface area (Å²) >= 11 is 0. The number of rotatable bonds is 5. The van der Waals surface area contributed by atoms with Crippen LogP contribution in [-0.2, 0) is 16.0 Å². The summed E-state index contributed by atoms with van der Waals surface area (Å²) in [6.45, 7) is 3.75. The van der Waals surface area contributed by atoms with Gasteiger partial charge in [-0.05, 0) is 63.1 Å². The summed E-state index contributed by atoms with van der Waals surface area (Å²) in [7, 11) is 1.81. The van der Waals surface area contributed by atoms with E-state index in [0.29, 0.717) is 11.6 Å². The van der Waals surface area contributed by atoms with Gasteiger partial charge in [-0.3, -0.25) is 4.79 Å². The number of hydrogen-bond donors (Lipinski definition) is 0. The van der Waals surface area contributed by atoms with E-state index in [1.54, 1.807) is 4.90 Å². The van der Waals surface area contributed by atoms with Gasteiger partial charge in [0.15, 0.2) is 6.61 Å². The van der Waals surface area contributed by atoms with Gasteiger partial charge in [-0.15, -0.1) is 0 Å². The number of nitrogens with zero attached hydrogens (tertiary/aromatic N) is 2. The molecule has 1 amide bonds. The second kappa shape index (κ2) is 7.46. The molecule has 1 atom stereocenters. The number of aryl methyl sites for hydroxylation is 2. The van der Waals surface area contributed by atoms with E-state index in [1.165, 1.54) is 11.1 Å². The fourth-order valence-corrected chi connectivity index (χ4v) is 4.49. The van der Waals surface area contributed by atoms with Gasteiger partial charge in [0, 0.05) is 24.5 Å². The van der Waals surface area contributed by atoms with Gasteiger partial charge < -0.3 is 14.2 Å². The van der Waals surface area contributed by atoms with E-state index < -0.39 is 5.97 Å². The average Bonchev–Trinajstić information content (AvgIpc) is 3.49. The third kappa shape index (κ3) is 3.46. The normalized spacial score (nSPS) is 18.5. The molecule has 4 rings (SSSR count). The Morgan fingerprint density at radius 2 is 1.93 bits per heavy atom. The minimum atomic E-state index is -0.411. The zero-order valence-corrected chi connectivity index (χ0v) is 16.9. The van der Waals surface area contributed by atoms with Crippen LogP contribution in [0, 0.1) is 13.8 Å². The van der Waals surface area contributed by atoms with Crippen LogP contribution in [0.25, 0.3) is 0 Å². The van der Waals surface area contributed by atoms with Crippen molar-refractivity contribution in [3.05, 3.63) is 58.4 Å². The summed E-state index contributed by atoms with van der Waals surface area (Å²) in [5, 5.41) is 0. The maximum absolute atomic E-state index is 12.7. The maximum atomic E-state index is 12.7. The van der Waals surface area contributed by atoms with E-state index in [2.05, 4.69) is 16.7 Å². The number of benzene rings is 1. The number of hydrogen-bond acceptors (Lipinski definition) is 3. The Labute approximate surface area is 166 Å². The Hall–Kier alpha value is -2.56. The number of esters is 1. The average molecular weight is 380 g/mol. The third-order valence-electron chi connectivity index (χ3n) is 6.14. The molecule has 148 valence electrons. The molecule has 1 fully saturated rings. The van der Waals surface area contributed by atoms with Crippen LogP contribution in [0.3, 0.4) is 0 Å². The minimum absolute atomic E-state index is 0.0519. The van der Waals surface area contributed by atoms with Gasteiger partial charge in [0.1, 0.15) is 0 Å². The first-order chi connectivity index (χ1) is 13.5. The summed E-state index contributed by atoms with van der Waals surface area (Å²) in [5.41, 5.74) is 5.11. The van der Waals surface area contributed by atoms with E-state index in [1.807, 2.05) is 39.1 Å². The number of ether oxygens (including phenoxy) is 1. The molecule has 0 bridgehead atoms. The highest BCUT2D eigenvalue weighted by molar-refractivity contribution is 5.92. The number of carbonyl (C=O) groups excluding carboxylic acids is 2. The summed E-state index contributed by atoms with van der Waals surface area (Å²) in [5.74, 6) is -0.572. The number of aromatic nitrogens is 1. The SMILES string of the molecule is Cc1cc(C(=O)OCC(=O)N(C)[C@H]2CCCc3ccccc32)c(C)n1C1CC1. The third-order valence-corrected chi connectivity index (χ3v) is 6.14. The van der Waals surface area contributed by atoms with Gasteiger partial charge in [0.2, 0.25) is 0 Å². The van der Waals surface area contributed by atoms with Crippen LogP contribution in [0.15, 0.2) is 30.3 Å². The predicted molar refractivity (Wildman–Crippen MR) is 107 cm³/mol. The molecule has 1 aromatic heterocycles. The lowest BCUT2D eigenvalue weighted by molar-refractivity contribution is -0.135. The van der Waals surface area contributed by atoms with Crippen molar-refractivity contribution in [3.63, 3.8) is 0 Å². The lowest BCUT2D eigenvalue weighted by Crippen LogP contribution is -2.36. The molecule has 0 spiro atoms. The van der Waals surface area contributed by atoms with Gasteiger partial charge in [-0.2, -0.15) is 0 Å². The lowest BCUT2D eigenvalue weighted by atomic mass is 9.87. The first kappa shape index (κ1) is 18.8. The molecule has 0 saturated heterocycles. The summed E-state index contributed by atoms with van der Waals surface area (Å²) in [6, 6.07) is 10.7. The first-order valence-corrected chi connectivity index (χ1v) is 10.2. The van der Waals surface area contributed by atoms with Gasteiger partial charge in [-0.1, -0.05) is 24.3 Å². The van der Waals surface area contributed by atoms with E-state index in [-0.39, 0.29) is 18.6 Å². The van der Waals surface area contributed by atoms with Crippen molar-refractivity contribution in [2.75, 3.05) is 13.7 Å². The Bertz CT molecular complexity index is 911. The molecular formula is C23H28N2O3. The van der Waals surface area contributed by atoms with Crippen molar-refractivity contribution in [2.24, 2.45) is 0 Å².